The van der Waals surface area contributed by atoms with E-state index >= 15 is 0 Å². The van der Waals surface area contributed by atoms with Gasteiger partial charge >= 0.3 is 0 Å². The summed E-state index contributed by atoms with van der Waals surface area (Å²) in [6.07, 6.45) is 1.64. The summed E-state index contributed by atoms with van der Waals surface area (Å²) < 4.78 is 0. The van der Waals surface area contributed by atoms with Gasteiger partial charge in [-0.1, -0.05) is 24.3 Å². The minimum absolute atomic E-state index is 0.0746. The zero-order chi connectivity index (χ0) is 14.4. The molecule has 0 radical (unpaired) electrons. The van der Waals surface area contributed by atoms with Crippen molar-refractivity contribution >= 4 is 17.2 Å². The van der Waals surface area contributed by atoms with E-state index in [0.29, 0.717) is 6.54 Å². The first-order chi connectivity index (χ1) is 9.72. The molecule has 1 aromatic heterocycles. The fraction of sp³-hybridized carbons (Fsp3) is 0.312. The summed E-state index contributed by atoms with van der Waals surface area (Å²) in [6.45, 7) is 1.29. The smallest absolute Gasteiger partial charge is 0.253 e. The molecule has 0 bridgehead atoms. The molecule has 0 spiro atoms. The Kier molecular flexibility index (Phi) is 5.32. The molecular weight excluding hydrogens is 268 g/mol. The van der Waals surface area contributed by atoms with E-state index in [4.69, 9.17) is 5.73 Å². The van der Waals surface area contributed by atoms with Gasteiger partial charge in [0.15, 0.2) is 0 Å². The van der Waals surface area contributed by atoms with Crippen molar-refractivity contribution in [1.82, 2.24) is 4.90 Å². The second-order valence-electron chi connectivity index (χ2n) is 4.75. The monoisotopic (exact) mass is 288 g/mol. The predicted octanol–water partition coefficient (Wildman–Crippen LogP) is 2.56. The lowest BCUT2D eigenvalue weighted by Crippen LogP contribution is -2.29. The van der Waals surface area contributed by atoms with Gasteiger partial charge in [0.2, 0.25) is 0 Å². The number of nitrogens with two attached hydrogens (primary N) is 1. The summed E-state index contributed by atoms with van der Waals surface area (Å²) in [6, 6.07) is 11.9. The zero-order valence-corrected chi connectivity index (χ0v) is 12.5. The Morgan fingerprint density at radius 1 is 1.20 bits per heavy atom. The SMILES string of the molecule is CN(CCc1cccs1)C(=O)c1ccccc1CCN. The second kappa shape index (κ2) is 7.22. The average Bonchev–Trinajstić information content (AvgIpc) is 2.98. The van der Waals surface area contributed by atoms with Crippen LogP contribution in [0.5, 0.6) is 0 Å². The predicted molar refractivity (Wildman–Crippen MR) is 84.2 cm³/mol. The molecule has 1 aromatic carbocycles. The van der Waals surface area contributed by atoms with Gasteiger partial charge in [0.25, 0.3) is 5.91 Å². The number of carbonyl (C=O) groups is 1. The van der Waals surface area contributed by atoms with E-state index in [1.165, 1.54) is 4.88 Å². The van der Waals surface area contributed by atoms with Crippen LogP contribution in [0.1, 0.15) is 20.8 Å². The van der Waals surface area contributed by atoms with E-state index in [1.807, 2.05) is 37.4 Å². The van der Waals surface area contributed by atoms with Gasteiger partial charge in [-0.3, -0.25) is 4.79 Å². The van der Waals surface area contributed by atoms with Crippen molar-refractivity contribution in [3.63, 3.8) is 0 Å². The third kappa shape index (κ3) is 3.68. The molecule has 0 fully saturated rings. The van der Waals surface area contributed by atoms with Crippen molar-refractivity contribution in [3.05, 3.63) is 57.8 Å². The molecule has 0 saturated carbocycles. The summed E-state index contributed by atoms with van der Waals surface area (Å²) in [7, 11) is 1.86. The van der Waals surface area contributed by atoms with Crippen molar-refractivity contribution in [3.8, 4) is 0 Å². The van der Waals surface area contributed by atoms with E-state index in [1.54, 1.807) is 16.2 Å². The molecule has 1 heterocycles. The molecule has 106 valence electrons. The van der Waals surface area contributed by atoms with Crippen molar-refractivity contribution in [2.24, 2.45) is 5.73 Å². The molecule has 3 nitrogen and oxygen atoms in total. The lowest BCUT2D eigenvalue weighted by molar-refractivity contribution is 0.0796. The third-order valence-electron chi connectivity index (χ3n) is 3.28. The molecule has 0 unspecified atom stereocenters. The van der Waals surface area contributed by atoms with Crippen LogP contribution < -0.4 is 5.73 Å². The van der Waals surface area contributed by atoms with Crippen LogP contribution in [0, 0.1) is 0 Å². The molecule has 20 heavy (non-hydrogen) atoms. The number of hydrogen-bond acceptors (Lipinski definition) is 3. The molecule has 2 rings (SSSR count). The number of likely N-dealkylation sites (N-methyl/N-ethyl adjacent to an activating group) is 1. The molecule has 0 aliphatic carbocycles. The van der Waals surface area contributed by atoms with Crippen molar-refractivity contribution in [2.75, 3.05) is 20.1 Å². The first kappa shape index (κ1) is 14.8. The lowest BCUT2D eigenvalue weighted by atomic mass is 10.0. The Morgan fingerprint density at radius 3 is 2.70 bits per heavy atom. The summed E-state index contributed by atoms with van der Waals surface area (Å²) in [5, 5.41) is 2.06. The van der Waals surface area contributed by atoms with Gasteiger partial charge in [0, 0.05) is 24.0 Å². The minimum Gasteiger partial charge on any atom is -0.341 e. The summed E-state index contributed by atoms with van der Waals surface area (Å²) in [4.78, 5) is 15.6. The van der Waals surface area contributed by atoms with Crippen LogP contribution in [0.15, 0.2) is 41.8 Å². The molecule has 0 saturated heterocycles. The van der Waals surface area contributed by atoms with Crippen LogP contribution in [0.25, 0.3) is 0 Å². The molecule has 2 N–H and O–H groups in total. The lowest BCUT2D eigenvalue weighted by Gasteiger charge is -2.18. The first-order valence-electron chi connectivity index (χ1n) is 6.78. The number of amides is 1. The van der Waals surface area contributed by atoms with E-state index in [9.17, 15) is 4.79 Å². The highest BCUT2D eigenvalue weighted by Crippen LogP contribution is 2.13. The van der Waals surface area contributed by atoms with Gasteiger partial charge in [0.1, 0.15) is 0 Å². The van der Waals surface area contributed by atoms with E-state index in [-0.39, 0.29) is 5.91 Å². The highest BCUT2D eigenvalue weighted by atomic mass is 32.1. The quantitative estimate of drug-likeness (QED) is 0.888. The molecule has 4 heteroatoms. The van der Waals surface area contributed by atoms with Crippen molar-refractivity contribution < 1.29 is 4.79 Å². The molecule has 1 amide bonds. The number of rotatable bonds is 6. The Morgan fingerprint density at radius 2 is 2.00 bits per heavy atom. The number of hydrogen-bond donors (Lipinski definition) is 1. The van der Waals surface area contributed by atoms with Gasteiger partial charge in [0.05, 0.1) is 0 Å². The standard InChI is InChI=1S/C16H20N2OS/c1-18(11-9-14-6-4-12-20-14)16(19)15-7-3-2-5-13(15)8-10-17/h2-7,12H,8-11,17H2,1H3. The Hall–Kier alpha value is -1.65. The van der Waals surface area contributed by atoms with Gasteiger partial charge < -0.3 is 10.6 Å². The number of carbonyl (C=O) groups excluding carboxylic acids is 1. The summed E-state index contributed by atoms with van der Waals surface area (Å²) in [5.74, 6) is 0.0746. The van der Waals surface area contributed by atoms with Crippen LogP contribution in [0.2, 0.25) is 0 Å². The van der Waals surface area contributed by atoms with E-state index < -0.39 is 0 Å². The number of nitrogens with zero attached hydrogens (tertiary/aromatic N) is 1. The normalized spacial score (nSPS) is 10.5. The second-order valence-corrected chi connectivity index (χ2v) is 5.78. The molecule has 0 aliphatic rings. The van der Waals surface area contributed by atoms with Crippen molar-refractivity contribution in [1.29, 1.82) is 0 Å². The van der Waals surface area contributed by atoms with Gasteiger partial charge in [-0.15, -0.1) is 11.3 Å². The molecule has 2 aromatic rings. The van der Waals surface area contributed by atoms with Gasteiger partial charge in [-0.25, -0.2) is 0 Å². The molecule has 0 aliphatic heterocycles. The molecule has 0 atom stereocenters. The van der Waals surface area contributed by atoms with E-state index in [2.05, 4.69) is 11.4 Å². The fourth-order valence-electron chi connectivity index (χ4n) is 2.14. The maximum atomic E-state index is 12.5. The number of benzene rings is 1. The fourth-order valence-corrected chi connectivity index (χ4v) is 2.84. The highest BCUT2D eigenvalue weighted by Gasteiger charge is 2.14. The van der Waals surface area contributed by atoms with Crippen molar-refractivity contribution in [2.45, 2.75) is 12.8 Å². The Bertz CT molecular complexity index is 551. The van der Waals surface area contributed by atoms with E-state index in [0.717, 1.165) is 30.5 Å². The maximum absolute atomic E-state index is 12.5. The van der Waals surface area contributed by atoms with Crippen LogP contribution in [-0.2, 0) is 12.8 Å². The Balaban J connectivity index is 2.02. The topological polar surface area (TPSA) is 46.3 Å². The summed E-state index contributed by atoms with van der Waals surface area (Å²) >= 11 is 1.73. The van der Waals surface area contributed by atoms with Crippen LogP contribution in [-0.4, -0.2) is 30.9 Å². The van der Waals surface area contributed by atoms with Crippen LogP contribution in [0.4, 0.5) is 0 Å². The van der Waals surface area contributed by atoms with Gasteiger partial charge in [-0.05, 0) is 42.5 Å². The minimum atomic E-state index is 0.0746. The number of thiophene rings is 1. The maximum Gasteiger partial charge on any atom is 0.253 e. The highest BCUT2D eigenvalue weighted by molar-refractivity contribution is 7.09. The first-order valence-corrected chi connectivity index (χ1v) is 7.66. The summed E-state index contributed by atoms with van der Waals surface area (Å²) in [5.41, 5.74) is 7.41. The molecular formula is C16H20N2OS. The Labute approximate surface area is 124 Å². The van der Waals surface area contributed by atoms with Crippen LogP contribution in [0.3, 0.4) is 0 Å². The zero-order valence-electron chi connectivity index (χ0n) is 11.7. The largest absolute Gasteiger partial charge is 0.341 e. The van der Waals surface area contributed by atoms with Gasteiger partial charge in [-0.2, -0.15) is 0 Å². The van der Waals surface area contributed by atoms with Crippen LogP contribution >= 0.6 is 11.3 Å². The third-order valence-corrected chi connectivity index (χ3v) is 4.22. The average molecular weight is 288 g/mol.